The van der Waals surface area contributed by atoms with Gasteiger partial charge in [-0.15, -0.1) is 11.3 Å². The molecule has 6 aromatic carbocycles. The van der Waals surface area contributed by atoms with Gasteiger partial charge in [-0.3, -0.25) is 0 Å². The minimum absolute atomic E-state index is 0.0212. The van der Waals surface area contributed by atoms with Gasteiger partial charge in [-0.1, -0.05) is 137 Å². The lowest BCUT2D eigenvalue weighted by molar-refractivity contribution is 0.331. The molecule has 3 heterocycles. The molecular weight excluding hydrogens is 792 g/mol. The molecule has 324 valence electrons. The highest BCUT2D eigenvalue weighted by Crippen LogP contribution is 2.54. The minimum Gasteiger partial charge on any atom is -0.311 e. The van der Waals surface area contributed by atoms with E-state index in [-0.39, 0.29) is 33.8 Å². The van der Waals surface area contributed by atoms with Gasteiger partial charge in [0.15, 0.2) is 0 Å². The maximum atomic E-state index is 2.73. The normalized spacial score (nSPS) is 18.5. The quantitative estimate of drug-likeness (QED) is 0.163. The van der Waals surface area contributed by atoms with Crippen molar-refractivity contribution >= 4 is 78.0 Å². The summed E-state index contributed by atoms with van der Waals surface area (Å²) in [6.45, 7) is 31.7. The first-order chi connectivity index (χ1) is 30.1. The number of hydrogen-bond acceptors (Lipinski definition) is 3. The minimum atomic E-state index is 0.0212. The number of fused-ring (bicyclic) bond motifs is 8. The SMILES string of the molecule is Cc1cc2c3c(c1)N(c1ccc(-c4ccccc4)cc1)c1c(sc4ccc(C(C)(C)C)cc14)B3c1cc3c(cc1N2c1cc2c(cc1C)C(C)(C)CCC2(C)C)C(C)(C)CCC3(C)C. The summed E-state index contributed by atoms with van der Waals surface area (Å²) in [6.07, 6.45) is 4.77. The zero-order chi connectivity index (χ0) is 45.0. The van der Waals surface area contributed by atoms with E-state index in [1.165, 1.54) is 136 Å². The van der Waals surface area contributed by atoms with Gasteiger partial charge in [0.2, 0.25) is 0 Å². The van der Waals surface area contributed by atoms with Crippen LogP contribution in [0, 0.1) is 13.8 Å². The van der Waals surface area contributed by atoms with E-state index in [0.29, 0.717) is 0 Å². The Bertz CT molecular complexity index is 3060. The van der Waals surface area contributed by atoms with Gasteiger partial charge in [-0.05, 0) is 176 Å². The maximum absolute atomic E-state index is 2.73. The van der Waals surface area contributed by atoms with E-state index in [1.54, 1.807) is 0 Å². The molecule has 0 fully saturated rings. The van der Waals surface area contributed by atoms with Gasteiger partial charge in [0.1, 0.15) is 0 Å². The van der Waals surface area contributed by atoms with E-state index in [9.17, 15) is 0 Å². The standard InChI is InChI=1S/C60H65BN2S/c1-36-29-50-53-51(30-36)63(48-34-45-43(31-37(48)2)57(6,7)25-27-59(45,10)11)49-35-46-44(58(8,9)26-28-60(46,12)13)33-47(49)61(53)55-54(42-32-40(56(3,4)5)21-24-52(42)64-55)62(50)41-22-19-39(20-23-41)38-17-15-14-16-18-38/h14-24,29-35H,25-28H2,1-13H3. The Morgan fingerprint density at radius 3 is 1.66 bits per heavy atom. The molecule has 0 spiro atoms. The van der Waals surface area contributed by atoms with Crippen molar-refractivity contribution in [1.82, 2.24) is 0 Å². The molecule has 64 heavy (non-hydrogen) atoms. The summed E-state index contributed by atoms with van der Waals surface area (Å²) in [6, 6.07) is 43.1. The summed E-state index contributed by atoms with van der Waals surface area (Å²) < 4.78 is 2.80. The molecule has 0 unspecified atom stereocenters. The zero-order valence-electron chi connectivity index (χ0n) is 40.6. The van der Waals surface area contributed by atoms with Crippen LogP contribution in [0.5, 0.6) is 0 Å². The van der Waals surface area contributed by atoms with E-state index in [2.05, 4.69) is 209 Å². The van der Waals surface area contributed by atoms with Crippen molar-refractivity contribution in [3.63, 3.8) is 0 Å². The molecule has 0 saturated heterocycles. The number of rotatable bonds is 3. The summed E-state index contributed by atoms with van der Waals surface area (Å²) >= 11 is 2.02. The molecule has 0 atom stereocenters. The molecule has 1 aromatic heterocycles. The second-order valence-electron chi connectivity index (χ2n) is 23.7. The van der Waals surface area contributed by atoms with Crippen LogP contribution >= 0.6 is 11.3 Å². The molecule has 0 amide bonds. The van der Waals surface area contributed by atoms with Crippen LogP contribution in [0.2, 0.25) is 0 Å². The van der Waals surface area contributed by atoms with Gasteiger partial charge >= 0.3 is 0 Å². The Hall–Kier alpha value is -5.06. The van der Waals surface area contributed by atoms with E-state index in [4.69, 9.17) is 0 Å². The van der Waals surface area contributed by atoms with Crippen molar-refractivity contribution < 1.29 is 0 Å². The summed E-state index contributed by atoms with van der Waals surface area (Å²) in [5.74, 6) is 0. The van der Waals surface area contributed by atoms with Crippen molar-refractivity contribution in [2.45, 2.75) is 143 Å². The van der Waals surface area contributed by atoms with Crippen molar-refractivity contribution in [3.05, 3.63) is 148 Å². The number of thiophene rings is 1. The van der Waals surface area contributed by atoms with Crippen molar-refractivity contribution in [2.75, 3.05) is 9.80 Å². The molecule has 2 aliphatic carbocycles. The molecule has 2 nitrogen and oxygen atoms in total. The lowest BCUT2D eigenvalue weighted by Crippen LogP contribution is -2.61. The van der Waals surface area contributed by atoms with Gasteiger partial charge < -0.3 is 9.80 Å². The molecule has 0 N–H and O–H groups in total. The molecule has 7 aromatic rings. The average molecular weight is 857 g/mol. The van der Waals surface area contributed by atoms with E-state index < -0.39 is 0 Å². The average Bonchev–Trinajstić information content (AvgIpc) is 3.62. The highest BCUT2D eigenvalue weighted by Gasteiger charge is 2.48. The second kappa shape index (κ2) is 13.7. The number of anilines is 6. The Kier molecular flexibility index (Phi) is 8.94. The molecule has 2 aliphatic heterocycles. The van der Waals surface area contributed by atoms with Crippen LogP contribution in [0.3, 0.4) is 0 Å². The van der Waals surface area contributed by atoms with E-state index >= 15 is 0 Å². The summed E-state index contributed by atoms with van der Waals surface area (Å²) in [7, 11) is 0. The molecule has 0 saturated carbocycles. The monoisotopic (exact) mass is 856 g/mol. The molecule has 4 aliphatic rings. The summed E-state index contributed by atoms with van der Waals surface area (Å²) in [5.41, 5.74) is 23.7. The third kappa shape index (κ3) is 6.17. The zero-order valence-corrected chi connectivity index (χ0v) is 41.4. The van der Waals surface area contributed by atoms with Crippen LogP contribution in [-0.2, 0) is 27.1 Å². The molecule has 4 heteroatoms. The lowest BCUT2D eigenvalue weighted by Gasteiger charge is -2.48. The van der Waals surface area contributed by atoms with Crippen molar-refractivity contribution in [2.24, 2.45) is 0 Å². The maximum Gasteiger partial charge on any atom is 0.264 e. The van der Waals surface area contributed by atoms with Crippen LogP contribution in [0.1, 0.15) is 141 Å². The number of benzene rings is 6. The first-order valence-electron chi connectivity index (χ1n) is 24.0. The first-order valence-corrected chi connectivity index (χ1v) is 24.8. The molecule has 0 radical (unpaired) electrons. The summed E-state index contributed by atoms with van der Waals surface area (Å²) in [4.78, 5) is 5.38. The van der Waals surface area contributed by atoms with E-state index in [0.717, 1.165) is 0 Å². The number of aryl methyl sites for hydroxylation is 2. The molecule has 0 bridgehead atoms. The van der Waals surface area contributed by atoms with Crippen LogP contribution < -0.4 is 25.5 Å². The van der Waals surface area contributed by atoms with Crippen LogP contribution in [-0.4, -0.2) is 6.71 Å². The van der Waals surface area contributed by atoms with Gasteiger partial charge in [0.05, 0.1) is 5.69 Å². The Morgan fingerprint density at radius 2 is 1.06 bits per heavy atom. The van der Waals surface area contributed by atoms with Crippen molar-refractivity contribution in [3.8, 4) is 11.1 Å². The fraction of sp³-hybridized carbons (Fsp3) is 0.367. The van der Waals surface area contributed by atoms with Gasteiger partial charge in [-0.25, -0.2) is 0 Å². The Balaban J connectivity index is 1.25. The third-order valence-corrected chi connectivity index (χ3v) is 17.5. The fourth-order valence-corrected chi connectivity index (χ4v) is 13.4. The predicted molar refractivity (Wildman–Crippen MR) is 280 cm³/mol. The first kappa shape index (κ1) is 41.6. The van der Waals surface area contributed by atoms with Gasteiger partial charge in [-0.2, -0.15) is 0 Å². The second-order valence-corrected chi connectivity index (χ2v) is 24.8. The molecule has 11 rings (SSSR count). The van der Waals surface area contributed by atoms with Crippen molar-refractivity contribution in [1.29, 1.82) is 0 Å². The third-order valence-electron chi connectivity index (χ3n) is 16.3. The number of nitrogens with zero attached hydrogens (tertiary/aromatic N) is 2. The Morgan fingerprint density at radius 1 is 0.531 bits per heavy atom. The summed E-state index contributed by atoms with van der Waals surface area (Å²) in [5, 5.41) is 1.35. The van der Waals surface area contributed by atoms with Crippen LogP contribution in [0.25, 0.3) is 21.2 Å². The highest BCUT2D eigenvalue weighted by atomic mass is 32.1. The van der Waals surface area contributed by atoms with Gasteiger partial charge in [0.25, 0.3) is 6.71 Å². The van der Waals surface area contributed by atoms with Gasteiger partial charge in [0, 0.05) is 43.3 Å². The lowest BCUT2D eigenvalue weighted by atomic mass is 9.35. The fourth-order valence-electron chi connectivity index (χ4n) is 12.1. The van der Waals surface area contributed by atoms with E-state index in [1.807, 2.05) is 11.3 Å². The Labute approximate surface area is 387 Å². The smallest absolute Gasteiger partial charge is 0.264 e. The number of hydrogen-bond donors (Lipinski definition) is 0. The molecular formula is C60H65BN2S. The largest absolute Gasteiger partial charge is 0.311 e. The topological polar surface area (TPSA) is 6.48 Å². The van der Waals surface area contributed by atoms with Crippen LogP contribution in [0.15, 0.2) is 109 Å². The van der Waals surface area contributed by atoms with Crippen LogP contribution in [0.4, 0.5) is 34.1 Å². The predicted octanol–water partition coefficient (Wildman–Crippen LogP) is 15.3. The highest BCUT2D eigenvalue weighted by molar-refractivity contribution is 7.33.